The van der Waals surface area contributed by atoms with Crippen LogP contribution in [-0.2, 0) is 27.2 Å². The van der Waals surface area contributed by atoms with Gasteiger partial charge in [-0.15, -0.1) is 0 Å². The van der Waals surface area contributed by atoms with Gasteiger partial charge < -0.3 is 35.4 Å². The Kier molecular flexibility index (Phi) is 13.2. The number of halogens is 1. The minimum Gasteiger partial charge on any atom is -0.506 e. The van der Waals surface area contributed by atoms with Gasteiger partial charge in [-0.05, 0) is 67.1 Å². The van der Waals surface area contributed by atoms with E-state index < -0.39 is 0 Å². The Hall–Kier alpha value is -3.96. The van der Waals surface area contributed by atoms with Gasteiger partial charge in [-0.1, -0.05) is 31.4 Å². The van der Waals surface area contributed by atoms with Crippen LogP contribution in [0.2, 0.25) is 0 Å². The molecule has 0 aromatic heterocycles. The Morgan fingerprint density at radius 1 is 1.18 bits per heavy atom. The number of benzene rings is 2. The molecule has 0 saturated heterocycles. The number of nitrogens with one attached hydrogen (secondary N) is 3. The van der Waals surface area contributed by atoms with Crippen molar-refractivity contribution < 1.29 is 28.6 Å². The summed E-state index contributed by atoms with van der Waals surface area (Å²) in [5.41, 5.74) is 3.56. The van der Waals surface area contributed by atoms with E-state index in [0.717, 1.165) is 47.9 Å². The summed E-state index contributed by atoms with van der Waals surface area (Å²) < 4.78 is 25.7. The molecule has 11 heteroatoms. The third-order valence-corrected chi connectivity index (χ3v) is 8.12. The number of carbonyl (C=O) groups is 2. The lowest BCUT2D eigenvalue weighted by molar-refractivity contribution is -0.135. The van der Waals surface area contributed by atoms with Gasteiger partial charge in [0.05, 0.1) is 19.6 Å². The largest absolute Gasteiger partial charge is 0.506 e. The van der Waals surface area contributed by atoms with Crippen LogP contribution in [-0.4, -0.2) is 87.6 Å². The molecule has 1 aliphatic carbocycles. The molecule has 4 N–H and O–H groups in total. The number of amides is 2. The summed E-state index contributed by atoms with van der Waals surface area (Å²) in [6.45, 7) is 2.55. The molecule has 1 saturated carbocycles. The van der Waals surface area contributed by atoms with E-state index in [1.165, 1.54) is 18.6 Å². The maximum Gasteiger partial charge on any atom is 0.262 e. The van der Waals surface area contributed by atoms with E-state index in [0.29, 0.717) is 63.5 Å². The van der Waals surface area contributed by atoms with Crippen LogP contribution < -0.4 is 20.7 Å². The van der Waals surface area contributed by atoms with Gasteiger partial charge in [-0.2, -0.15) is 0 Å². The molecule has 2 aromatic rings. The number of nitrogens with zero attached hydrogens (tertiary/aromatic N) is 2. The molecule has 45 heavy (non-hydrogen) atoms. The molecule has 10 nitrogen and oxygen atoms in total. The van der Waals surface area contributed by atoms with Crippen molar-refractivity contribution >= 4 is 29.3 Å². The van der Waals surface area contributed by atoms with Crippen molar-refractivity contribution in [2.45, 2.75) is 57.4 Å². The molecular formula is C34H46FN5O5. The fourth-order valence-electron chi connectivity index (χ4n) is 5.91. The number of fused-ring (bicyclic) bond motifs is 1. The van der Waals surface area contributed by atoms with E-state index in [2.05, 4.69) is 20.9 Å². The lowest BCUT2D eigenvalue weighted by atomic mass is 9.94. The van der Waals surface area contributed by atoms with Crippen molar-refractivity contribution in [3.63, 3.8) is 0 Å². The number of phenolic OH excluding ortho intramolecular Hbond substituents is 1. The molecule has 2 aromatic carbocycles. The van der Waals surface area contributed by atoms with Gasteiger partial charge in [0.2, 0.25) is 5.91 Å². The fraction of sp³-hybridized carbons (Fsp3) is 0.500. The number of phenols is 1. The molecule has 0 atom stereocenters. The smallest absolute Gasteiger partial charge is 0.262 e. The second kappa shape index (κ2) is 17.5. The molecule has 1 heterocycles. The topological polar surface area (TPSA) is 125 Å². The van der Waals surface area contributed by atoms with Crippen molar-refractivity contribution in [1.29, 1.82) is 0 Å². The van der Waals surface area contributed by atoms with Gasteiger partial charge in [0.25, 0.3) is 5.91 Å². The Bertz CT molecular complexity index is 1360. The number of ether oxygens (including phenoxy) is 2. The van der Waals surface area contributed by atoms with Crippen LogP contribution in [0.5, 0.6) is 11.5 Å². The van der Waals surface area contributed by atoms with E-state index in [1.54, 1.807) is 38.6 Å². The number of allylic oxidation sites excluding steroid dienone is 1. The van der Waals surface area contributed by atoms with E-state index in [4.69, 9.17) is 9.47 Å². The zero-order chi connectivity index (χ0) is 32.0. The summed E-state index contributed by atoms with van der Waals surface area (Å²) in [4.78, 5) is 31.1. The quantitative estimate of drug-likeness (QED) is 0.126. The average Bonchev–Trinajstić information content (AvgIpc) is 3.03. The monoisotopic (exact) mass is 623 g/mol. The van der Waals surface area contributed by atoms with Crippen LogP contribution >= 0.6 is 0 Å². The normalized spacial score (nSPS) is 15.4. The third-order valence-electron chi connectivity index (χ3n) is 8.12. The first-order valence-electron chi connectivity index (χ1n) is 15.8. The first kappa shape index (κ1) is 33.9. The Morgan fingerprint density at radius 2 is 2.00 bits per heavy atom. The average molecular weight is 624 g/mol. The maximum absolute atomic E-state index is 14.3. The van der Waals surface area contributed by atoms with Gasteiger partial charge in [0, 0.05) is 51.2 Å². The predicted molar refractivity (Wildman–Crippen MR) is 174 cm³/mol. The van der Waals surface area contributed by atoms with Crippen molar-refractivity contribution in [2.24, 2.45) is 4.99 Å². The predicted octanol–water partition coefficient (Wildman–Crippen LogP) is 4.07. The minimum absolute atomic E-state index is 0.0162. The van der Waals surface area contributed by atoms with Crippen LogP contribution in [0.3, 0.4) is 0 Å². The SMILES string of the molecule is CN=C/C(=C\NC)c1cc(F)cc(CCOCCC(=O)N(CCNCCc2ccc(O)c3c2OCC(=O)N3)C2CCCCC2)c1. The highest BCUT2D eigenvalue weighted by Crippen LogP contribution is 2.39. The first-order chi connectivity index (χ1) is 21.9. The number of anilines is 1. The van der Waals surface area contributed by atoms with Crippen molar-refractivity contribution in [3.05, 3.63) is 59.0 Å². The fourth-order valence-corrected chi connectivity index (χ4v) is 5.91. The molecule has 0 spiro atoms. The van der Waals surface area contributed by atoms with E-state index in [1.807, 2.05) is 11.0 Å². The van der Waals surface area contributed by atoms with Crippen LogP contribution in [0, 0.1) is 5.82 Å². The molecule has 0 radical (unpaired) electrons. The lowest BCUT2D eigenvalue weighted by Gasteiger charge is -2.34. The molecule has 2 aliphatic rings. The number of carbonyl (C=O) groups excluding carboxylic acids is 2. The van der Waals surface area contributed by atoms with E-state index in [9.17, 15) is 19.1 Å². The van der Waals surface area contributed by atoms with E-state index in [-0.39, 0.29) is 36.0 Å². The number of rotatable bonds is 16. The van der Waals surface area contributed by atoms with Gasteiger partial charge in [-0.25, -0.2) is 4.39 Å². The van der Waals surface area contributed by atoms with Gasteiger partial charge in [0.1, 0.15) is 17.3 Å². The Balaban J connectivity index is 1.23. The van der Waals surface area contributed by atoms with Gasteiger partial charge in [-0.3, -0.25) is 14.6 Å². The first-order valence-corrected chi connectivity index (χ1v) is 15.8. The summed E-state index contributed by atoms with van der Waals surface area (Å²) >= 11 is 0. The second-order valence-electron chi connectivity index (χ2n) is 11.4. The molecule has 4 rings (SSSR count). The second-order valence-corrected chi connectivity index (χ2v) is 11.4. The van der Waals surface area contributed by atoms with Crippen LogP contribution in [0.4, 0.5) is 10.1 Å². The highest BCUT2D eigenvalue weighted by molar-refractivity contribution is 6.09. The maximum atomic E-state index is 14.3. The van der Waals surface area contributed by atoms with Crippen molar-refractivity contribution in [2.75, 3.05) is 58.9 Å². The molecule has 0 unspecified atom stereocenters. The molecular weight excluding hydrogens is 577 g/mol. The summed E-state index contributed by atoms with van der Waals surface area (Å²) in [5, 5.41) is 19.2. The molecule has 1 aliphatic heterocycles. The molecule has 244 valence electrons. The standard InChI is InChI=1S/C34H46FN5O5/c1-36-21-27(22-37-2)26-18-24(19-28(35)20-26)11-16-44-17-12-32(43)40(29-6-4-3-5-7-29)15-14-38-13-10-25-8-9-30(41)33-34(25)45-23-31(42)39-33/h8-9,18-22,29,36,38,41H,3-7,10-17,23H2,1-2H3,(H,39,42)/b27-21+,37-22?. The molecule has 1 fully saturated rings. The highest BCUT2D eigenvalue weighted by Gasteiger charge is 2.25. The zero-order valence-corrected chi connectivity index (χ0v) is 26.4. The summed E-state index contributed by atoms with van der Waals surface area (Å²) in [6.07, 6.45) is 10.5. The van der Waals surface area contributed by atoms with Crippen molar-refractivity contribution in [1.82, 2.24) is 15.5 Å². The third kappa shape index (κ3) is 10.0. The molecule has 2 amide bonds. The summed E-state index contributed by atoms with van der Waals surface area (Å²) in [6, 6.07) is 8.53. The number of aromatic hydroxyl groups is 1. The zero-order valence-electron chi connectivity index (χ0n) is 26.4. The highest BCUT2D eigenvalue weighted by atomic mass is 19.1. The number of hydrogen-bond donors (Lipinski definition) is 4. The van der Waals surface area contributed by atoms with Crippen LogP contribution in [0.25, 0.3) is 5.57 Å². The summed E-state index contributed by atoms with van der Waals surface area (Å²) in [5.74, 6) is -0.0206. The van der Waals surface area contributed by atoms with Gasteiger partial charge >= 0.3 is 0 Å². The van der Waals surface area contributed by atoms with Crippen molar-refractivity contribution in [3.8, 4) is 11.5 Å². The Labute approximate surface area is 265 Å². The lowest BCUT2D eigenvalue weighted by Crippen LogP contribution is -2.45. The Morgan fingerprint density at radius 3 is 2.78 bits per heavy atom. The van der Waals surface area contributed by atoms with E-state index >= 15 is 0 Å². The van der Waals surface area contributed by atoms with Crippen LogP contribution in [0.15, 0.2) is 41.5 Å². The number of aliphatic imine (C=N–C) groups is 1. The summed E-state index contributed by atoms with van der Waals surface area (Å²) in [7, 11) is 3.46. The minimum atomic E-state index is -0.315. The number of hydrogen-bond acceptors (Lipinski definition) is 8. The van der Waals surface area contributed by atoms with Crippen LogP contribution in [0.1, 0.15) is 55.2 Å². The van der Waals surface area contributed by atoms with Gasteiger partial charge in [0.15, 0.2) is 12.4 Å². The molecule has 0 bridgehead atoms.